The molecule has 8 heteroatoms. The third-order valence-electron chi connectivity index (χ3n) is 5.27. The summed E-state index contributed by atoms with van der Waals surface area (Å²) < 4.78 is 26.7. The predicted octanol–water partition coefficient (Wildman–Crippen LogP) is 4.77. The summed E-state index contributed by atoms with van der Waals surface area (Å²) >= 11 is 1.52. The second-order valence-electron chi connectivity index (χ2n) is 7.43. The summed E-state index contributed by atoms with van der Waals surface area (Å²) in [4.78, 5) is 11.8. The minimum atomic E-state index is -0.291. The van der Waals surface area contributed by atoms with E-state index < -0.39 is 0 Å². The summed E-state index contributed by atoms with van der Waals surface area (Å²) in [5, 5.41) is 9.53. The largest absolute Gasteiger partial charge is 0.496 e. The summed E-state index contributed by atoms with van der Waals surface area (Å²) in [7, 11) is 1.61. The second-order valence-corrected chi connectivity index (χ2v) is 8.37. The second kappa shape index (κ2) is 9.62. The molecule has 0 amide bonds. The molecule has 2 heterocycles. The van der Waals surface area contributed by atoms with Gasteiger partial charge in [-0.05, 0) is 62.2 Å². The summed E-state index contributed by atoms with van der Waals surface area (Å²) in [6.07, 6.45) is 2.13. The van der Waals surface area contributed by atoms with Gasteiger partial charge in [-0.3, -0.25) is 9.36 Å². The van der Waals surface area contributed by atoms with Crippen LogP contribution in [0.2, 0.25) is 0 Å². The zero-order valence-corrected chi connectivity index (χ0v) is 18.3. The van der Waals surface area contributed by atoms with Crippen molar-refractivity contribution in [2.45, 2.75) is 43.3 Å². The maximum absolute atomic E-state index is 13.4. The molecule has 3 aromatic rings. The molecular formula is C23H24FN3O3S. The first kappa shape index (κ1) is 21.5. The first-order chi connectivity index (χ1) is 15.0. The number of ether oxygens (including phenoxy) is 2. The van der Waals surface area contributed by atoms with E-state index in [1.807, 2.05) is 16.7 Å². The normalized spacial score (nSPS) is 15.9. The number of halogens is 1. The number of benzene rings is 2. The van der Waals surface area contributed by atoms with Crippen molar-refractivity contribution >= 4 is 17.5 Å². The van der Waals surface area contributed by atoms with Crippen molar-refractivity contribution < 1.29 is 18.7 Å². The molecule has 31 heavy (non-hydrogen) atoms. The van der Waals surface area contributed by atoms with Crippen LogP contribution in [-0.2, 0) is 17.0 Å². The average molecular weight is 442 g/mol. The smallest absolute Gasteiger partial charge is 0.191 e. The van der Waals surface area contributed by atoms with Crippen molar-refractivity contribution in [1.82, 2.24) is 14.8 Å². The fourth-order valence-corrected chi connectivity index (χ4v) is 4.54. The van der Waals surface area contributed by atoms with Crippen molar-refractivity contribution in [1.29, 1.82) is 0 Å². The Hall–Kier alpha value is -2.71. The number of thioether (sulfide) groups is 1. The maximum Gasteiger partial charge on any atom is 0.191 e. The van der Waals surface area contributed by atoms with E-state index >= 15 is 0 Å². The number of hydrogen-bond acceptors (Lipinski definition) is 6. The number of carbonyl (C=O) groups excluding carboxylic acids is 1. The van der Waals surface area contributed by atoms with Crippen LogP contribution < -0.4 is 4.74 Å². The molecule has 0 bridgehead atoms. The number of methoxy groups -OCH3 is 1. The van der Waals surface area contributed by atoms with Crippen LogP contribution in [0, 0.1) is 5.82 Å². The van der Waals surface area contributed by atoms with Gasteiger partial charge in [0.1, 0.15) is 11.6 Å². The molecule has 2 aromatic carbocycles. The number of aromatic nitrogens is 3. The molecule has 1 aliphatic heterocycles. The Kier molecular flexibility index (Phi) is 6.67. The van der Waals surface area contributed by atoms with E-state index in [1.54, 1.807) is 32.2 Å². The van der Waals surface area contributed by atoms with Gasteiger partial charge >= 0.3 is 0 Å². The van der Waals surface area contributed by atoms with Crippen molar-refractivity contribution in [3.05, 3.63) is 59.4 Å². The van der Waals surface area contributed by atoms with Crippen LogP contribution in [0.1, 0.15) is 35.7 Å². The summed E-state index contributed by atoms with van der Waals surface area (Å²) in [6, 6.07) is 11.7. The van der Waals surface area contributed by atoms with Crippen LogP contribution in [0.15, 0.2) is 47.6 Å². The Morgan fingerprint density at radius 1 is 1.26 bits per heavy atom. The zero-order chi connectivity index (χ0) is 21.8. The van der Waals surface area contributed by atoms with E-state index in [4.69, 9.17) is 9.47 Å². The molecule has 0 aliphatic carbocycles. The van der Waals surface area contributed by atoms with Gasteiger partial charge in [-0.1, -0.05) is 11.8 Å². The number of hydrogen-bond donors (Lipinski definition) is 0. The molecule has 4 rings (SSSR count). The van der Waals surface area contributed by atoms with Crippen molar-refractivity contribution in [2.75, 3.05) is 13.7 Å². The van der Waals surface area contributed by atoms with Crippen LogP contribution in [0.3, 0.4) is 0 Å². The Morgan fingerprint density at radius 3 is 2.74 bits per heavy atom. The highest BCUT2D eigenvalue weighted by Gasteiger charge is 2.22. The highest BCUT2D eigenvalue weighted by atomic mass is 32.2. The van der Waals surface area contributed by atoms with E-state index in [1.165, 1.54) is 23.9 Å². The maximum atomic E-state index is 13.4. The first-order valence-electron chi connectivity index (χ1n) is 10.2. The van der Waals surface area contributed by atoms with Gasteiger partial charge in [0.05, 0.1) is 19.8 Å². The number of carbonyl (C=O) groups is 1. The number of Topliss-reactive ketones (excluding diaryl/α,β-unsaturated/α-hetero) is 1. The molecule has 1 saturated heterocycles. The van der Waals surface area contributed by atoms with Gasteiger partial charge in [0, 0.05) is 29.1 Å². The molecule has 1 fully saturated rings. The molecule has 0 unspecified atom stereocenters. The topological polar surface area (TPSA) is 66.2 Å². The van der Waals surface area contributed by atoms with Gasteiger partial charge in [0.25, 0.3) is 0 Å². The van der Waals surface area contributed by atoms with Crippen molar-refractivity contribution in [2.24, 2.45) is 0 Å². The molecule has 0 spiro atoms. The third-order valence-corrected chi connectivity index (χ3v) is 6.29. The van der Waals surface area contributed by atoms with E-state index in [9.17, 15) is 9.18 Å². The molecule has 0 saturated carbocycles. The monoisotopic (exact) mass is 441 g/mol. The fourth-order valence-electron chi connectivity index (χ4n) is 3.62. The van der Waals surface area contributed by atoms with Gasteiger partial charge in [-0.2, -0.15) is 0 Å². The van der Waals surface area contributed by atoms with E-state index in [-0.39, 0.29) is 17.7 Å². The number of rotatable bonds is 8. The first-order valence-corrected chi connectivity index (χ1v) is 11.1. The molecule has 1 atom stereocenters. The Morgan fingerprint density at radius 2 is 2.06 bits per heavy atom. The van der Waals surface area contributed by atoms with Crippen molar-refractivity contribution in [3.8, 4) is 17.1 Å². The quantitative estimate of drug-likeness (QED) is 0.371. The van der Waals surface area contributed by atoms with Gasteiger partial charge in [-0.15, -0.1) is 10.2 Å². The van der Waals surface area contributed by atoms with Crippen LogP contribution in [-0.4, -0.2) is 40.4 Å². The summed E-state index contributed by atoms with van der Waals surface area (Å²) in [6.45, 7) is 2.94. The Balaban J connectivity index is 1.62. The lowest BCUT2D eigenvalue weighted by molar-refractivity contribution is 0.0953. The Labute approximate surface area is 184 Å². The SMILES string of the molecule is COc1ccc(C(C)=O)cc1CSc1nnc(-c2ccc(F)cc2)n1C[C@H]1CCCO1. The molecule has 162 valence electrons. The predicted molar refractivity (Wildman–Crippen MR) is 117 cm³/mol. The molecule has 1 aliphatic rings. The average Bonchev–Trinajstić information content (AvgIpc) is 3.43. The van der Waals surface area contributed by atoms with Gasteiger partial charge in [0.15, 0.2) is 16.8 Å². The van der Waals surface area contributed by atoms with Crippen LogP contribution in [0.25, 0.3) is 11.4 Å². The lowest BCUT2D eigenvalue weighted by Gasteiger charge is -2.15. The summed E-state index contributed by atoms with van der Waals surface area (Å²) in [5.74, 6) is 1.69. The van der Waals surface area contributed by atoms with Crippen LogP contribution in [0.4, 0.5) is 4.39 Å². The standard InChI is InChI=1S/C23H24FN3O3S/c1-15(28)17-7-10-21(29-2)18(12-17)14-31-23-26-25-22(16-5-8-19(24)9-6-16)27(23)13-20-4-3-11-30-20/h5-10,12,20H,3-4,11,13-14H2,1-2H3/t20-/m1/s1. The highest BCUT2D eigenvalue weighted by molar-refractivity contribution is 7.98. The molecular weight excluding hydrogens is 417 g/mol. The lowest BCUT2D eigenvalue weighted by Crippen LogP contribution is -2.16. The van der Waals surface area contributed by atoms with Gasteiger partial charge in [-0.25, -0.2) is 4.39 Å². The van der Waals surface area contributed by atoms with Crippen LogP contribution >= 0.6 is 11.8 Å². The summed E-state index contributed by atoms with van der Waals surface area (Å²) in [5.41, 5.74) is 2.36. The van der Waals surface area contributed by atoms with Crippen molar-refractivity contribution in [3.63, 3.8) is 0 Å². The van der Waals surface area contributed by atoms with Crippen LogP contribution in [0.5, 0.6) is 5.75 Å². The molecule has 6 nitrogen and oxygen atoms in total. The third kappa shape index (κ3) is 4.97. The fraction of sp³-hybridized carbons (Fsp3) is 0.348. The van der Waals surface area contributed by atoms with E-state index in [2.05, 4.69) is 10.2 Å². The molecule has 0 N–H and O–H groups in total. The number of ketones is 1. The van der Waals surface area contributed by atoms with Gasteiger partial charge < -0.3 is 9.47 Å². The highest BCUT2D eigenvalue weighted by Crippen LogP contribution is 2.31. The van der Waals surface area contributed by atoms with E-state index in [0.717, 1.165) is 41.5 Å². The minimum Gasteiger partial charge on any atom is -0.496 e. The number of nitrogens with zero attached hydrogens (tertiary/aromatic N) is 3. The molecule has 1 aromatic heterocycles. The lowest BCUT2D eigenvalue weighted by atomic mass is 10.1. The molecule has 0 radical (unpaired) electrons. The van der Waals surface area contributed by atoms with Gasteiger partial charge in [0.2, 0.25) is 0 Å². The zero-order valence-electron chi connectivity index (χ0n) is 17.5. The minimum absolute atomic E-state index is 0.00838. The van der Waals surface area contributed by atoms with E-state index in [0.29, 0.717) is 23.7 Å². The Bertz CT molecular complexity index is 1060.